The van der Waals surface area contributed by atoms with Crippen LogP contribution in [0.25, 0.3) is 0 Å². The second kappa shape index (κ2) is 9.20. The molecule has 0 N–H and O–H groups in total. The molecule has 0 aromatic carbocycles. The first-order valence-corrected chi connectivity index (χ1v) is 10.9. The molecule has 0 aromatic rings. The van der Waals surface area contributed by atoms with Gasteiger partial charge in [-0.2, -0.15) is 0 Å². The lowest BCUT2D eigenvalue weighted by molar-refractivity contribution is -0.141. The fourth-order valence-electron chi connectivity index (χ4n) is 5.04. The molecule has 2 amide bonds. The van der Waals surface area contributed by atoms with E-state index < -0.39 is 0 Å². The summed E-state index contributed by atoms with van der Waals surface area (Å²) in [4.78, 5) is 31.4. The topological polar surface area (TPSA) is 43.9 Å². The average Bonchev–Trinajstić information content (AvgIpc) is 2.73. The van der Waals surface area contributed by atoms with Gasteiger partial charge in [0, 0.05) is 44.6 Å². The van der Waals surface area contributed by atoms with Crippen LogP contribution in [0.2, 0.25) is 0 Å². The molecular weight excluding hydrogens is 326 g/mol. The molecule has 3 rings (SSSR count). The fourth-order valence-corrected chi connectivity index (χ4v) is 5.04. The molecule has 0 spiro atoms. The van der Waals surface area contributed by atoms with Crippen molar-refractivity contribution in [2.45, 2.75) is 71.3 Å². The van der Waals surface area contributed by atoms with E-state index in [1.54, 1.807) is 0 Å². The Morgan fingerprint density at radius 2 is 1.35 bits per heavy atom. The van der Waals surface area contributed by atoms with Crippen molar-refractivity contribution >= 4 is 11.8 Å². The summed E-state index contributed by atoms with van der Waals surface area (Å²) in [5.41, 5.74) is 0. The highest BCUT2D eigenvalue weighted by Crippen LogP contribution is 2.27. The van der Waals surface area contributed by atoms with E-state index in [1.807, 2.05) is 11.8 Å². The number of likely N-dealkylation sites (tertiary alicyclic amines) is 3. The number of rotatable bonds is 4. The molecule has 0 unspecified atom stereocenters. The molecule has 3 heterocycles. The number of nitrogens with zero attached hydrogens (tertiary/aromatic N) is 3. The van der Waals surface area contributed by atoms with Gasteiger partial charge in [0.15, 0.2) is 0 Å². The van der Waals surface area contributed by atoms with Crippen molar-refractivity contribution in [1.82, 2.24) is 14.7 Å². The second-order valence-corrected chi connectivity index (χ2v) is 8.45. The number of amides is 2. The van der Waals surface area contributed by atoms with Gasteiger partial charge >= 0.3 is 0 Å². The van der Waals surface area contributed by atoms with Crippen LogP contribution in [-0.2, 0) is 9.59 Å². The van der Waals surface area contributed by atoms with E-state index in [0.717, 1.165) is 57.8 Å². The Hall–Kier alpha value is -1.10. The highest BCUT2D eigenvalue weighted by atomic mass is 16.2. The van der Waals surface area contributed by atoms with Crippen molar-refractivity contribution in [3.05, 3.63) is 0 Å². The first-order valence-electron chi connectivity index (χ1n) is 10.9. The predicted octanol–water partition coefficient (Wildman–Crippen LogP) is 2.75. The second-order valence-electron chi connectivity index (χ2n) is 8.45. The summed E-state index contributed by atoms with van der Waals surface area (Å²) in [6.07, 6.45) is 8.55. The van der Waals surface area contributed by atoms with Gasteiger partial charge in [-0.3, -0.25) is 9.59 Å². The van der Waals surface area contributed by atoms with Crippen LogP contribution in [0.4, 0.5) is 0 Å². The van der Waals surface area contributed by atoms with Crippen molar-refractivity contribution in [2.75, 3.05) is 39.3 Å². The minimum absolute atomic E-state index is 0.132. The predicted molar refractivity (Wildman–Crippen MR) is 104 cm³/mol. The molecule has 3 aliphatic rings. The lowest BCUT2D eigenvalue weighted by Gasteiger charge is -2.43. The van der Waals surface area contributed by atoms with Crippen LogP contribution in [0.15, 0.2) is 0 Å². The maximum atomic E-state index is 12.9. The molecular formula is C21H37N3O2. The first-order chi connectivity index (χ1) is 12.6. The normalized spacial score (nSPS) is 24.8. The van der Waals surface area contributed by atoms with E-state index >= 15 is 0 Å². The third-order valence-electron chi connectivity index (χ3n) is 7.02. The van der Waals surface area contributed by atoms with Crippen molar-refractivity contribution in [3.63, 3.8) is 0 Å². The van der Waals surface area contributed by atoms with Gasteiger partial charge in [0.05, 0.1) is 0 Å². The number of carbonyl (C=O) groups excluding carboxylic acids is 2. The largest absolute Gasteiger partial charge is 0.343 e. The average molecular weight is 364 g/mol. The molecule has 0 bridgehead atoms. The molecule has 5 heteroatoms. The van der Waals surface area contributed by atoms with E-state index in [1.165, 1.54) is 32.4 Å². The third-order valence-corrected chi connectivity index (χ3v) is 7.02. The van der Waals surface area contributed by atoms with Gasteiger partial charge in [-0.05, 0) is 57.5 Å². The number of carbonyl (C=O) groups is 2. The fraction of sp³-hybridized carbons (Fsp3) is 0.905. The van der Waals surface area contributed by atoms with Gasteiger partial charge < -0.3 is 14.7 Å². The minimum atomic E-state index is 0.132. The standard InChI is InChI=1S/C21H37N3O2/c1-3-17-5-11-22(12-6-17)19-9-15-24(16-10-19)21(26)18-7-13-23(14-8-18)20(25)4-2/h17-19H,3-16H2,1-2H3. The zero-order chi connectivity index (χ0) is 18.5. The quantitative estimate of drug-likeness (QED) is 0.771. The van der Waals surface area contributed by atoms with Crippen LogP contribution in [0.3, 0.4) is 0 Å². The Morgan fingerprint density at radius 1 is 0.769 bits per heavy atom. The molecule has 0 aromatic heterocycles. The van der Waals surface area contributed by atoms with Crippen LogP contribution in [0.5, 0.6) is 0 Å². The molecule has 3 fully saturated rings. The zero-order valence-corrected chi connectivity index (χ0v) is 16.8. The van der Waals surface area contributed by atoms with Gasteiger partial charge in [-0.1, -0.05) is 20.3 Å². The molecule has 0 radical (unpaired) electrons. The minimum Gasteiger partial charge on any atom is -0.343 e. The van der Waals surface area contributed by atoms with E-state index in [-0.39, 0.29) is 11.8 Å². The SMILES string of the molecule is CCC(=O)N1CCC(C(=O)N2CCC(N3CCC(CC)CC3)CC2)CC1. The van der Waals surface area contributed by atoms with Crippen LogP contribution >= 0.6 is 0 Å². The maximum Gasteiger partial charge on any atom is 0.225 e. The summed E-state index contributed by atoms with van der Waals surface area (Å²) < 4.78 is 0. The van der Waals surface area contributed by atoms with Crippen molar-refractivity contribution in [1.29, 1.82) is 0 Å². The summed E-state index contributed by atoms with van der Waals surface area (Å²) in [5, 5.41) is 0. The summed E-state index contributed by atoms with van der Waals surface area (Å²) in [7, 11) is 0. The Kier molecular flexibility index (Phi) is 6.96. The molecule has 0 saturated carbocycles. The molecule has 148 valence electrons. The number of hydrogen-bond acceptors (Lipinski definition) is 3. The lowest BCUT2D eigenvalue weighted by Crippen LogP contribution is -2.51. The van der Waals surface area contributed by atoms with E-state index in [9.17, 15) is 9.59 Å². The van der Waals surface area contributed by atoms with E-state index in [2.05, 4.69) is 16.7 Å². The summed E-state index contributed by atoms with van der Waals surface area (Å²) in [5.74, 6) is 1.63. The summed E-state index contributed by atoms with van der Waals surface area (Å²) in [6, 6.07) is 0.681. The van der Waals surface area contributed by atoms with Gasteiger partial charge in [0.2, 0.25) is 11.8 Å². The monoisotopic (exact) mass is 363 g/mol. The summed E-state index contributed by atoms with van der Waals surface area (Å²) >= 11 is 0. The highest BCUT2D eigenvalue weighted by Gasteiger charge is 2.33. The van der Waals surface area contributed by atoms with E-state index in [4.69, 9.17) is 0 Å². The van der Waals surface area contributed by atoms with Gasteiger partial charge in [0.25, 0.3) is 0 Å². The zero-order valence-electron chi connectivity index (χ0n) is 16.8. The molecule has 0 atom stereocenters. The Labute approximate surface area is 159 Å². The number of hydrogen-bond donors (Lipinski definition) is 0. The lowest BCUT2D eigenvalue weighted by atomic mass is 9.91. The van der Waals surface area contributed by atoms with Gasteiger partial charge in [-0.15, -0.1) is 0 Å². The first kappa shape index (κ1) is 19.7. The Bertz CT molecular complexity index is 472. The van der Waals surface area contributed by atoms with Crippen molar-refractivity contribution < 1.29 is 9.59 Å². The molecule has 5 nitrogen and oxygen atoms in total. The van der Waals surface area contributed by atoms with Crippen LogP contribution in [0, 0.1) is 11.8 Å². The van der Waals surface area contributed by atoms with Crippen LogP contribution < -0.4 is 0 Å². The van der Waals surface area contributed by atoms with Gasteiger partial charge in [0.1, 0.15) is 0 Å². The third kappa shape index (κ3) is 4.59. The van der Waals surface area contributed by atoms with Crippen LogP contribution in [-0.4, -0.2) is 71.8 Å². The number of piperidine rings is 3. The van der Waals surface area contributed by atoms with Gasteiger partial charge in [-0.25, -0.2) is 0 Å². The van der Waals surface area contributed by atoms with E-state index in [0.29, 0.717) is 18.4 Å². The molecule has 3 aliphatic heterocycles. The smallest absolute Gasteiger partial charge is 0.225 e. The Morgan fingerprint density at radius 3 is 1.88 bits per heavy atom. The molecule has 26 heavy (non-hydrogen) atoms. The molecule has 0 aliphatic carbocycles. The van der Waals surface area contributed by atoms with Crippen LogP contribution in [0.1, 0.15) is 65.2 Å². The maximum absolute atomic E-state index is 12.9. The Balaban J connectivity index is 1.41. The van der Waals surface area contributed by atoms with Crippen molar-refractivity contribution in [3.8, 4) is 0 Å². The molecule has 3 saturated heterocycles. The summed E-state index contributed by atoms with van der Waals surface area (Å²) in [6.45, 7) is 10.1. The highest BCUT2D eigenvalue weighted by molar-refractivity contribution is 5.80. The van der Waals surface area contributed by atoms with Crippen molar-refractivity contribution in [2.24, 2.45) is 11.8 Å².